The minimum atomic E-state index is -0.0453. The van der Waals surface area contributed by atoms with Gasteiger partial charge in [0.15, 0.2) is 5.82 Å². The molecule has 0 aliphatic carbocycles. The van der Waals surface area contributed by atoms with Gasteiger partial charge in [-0.2, -0.15) is 4.80 Å². The first-order valence-electron chi connectivity index (χ1n) is 4.74. The second kappa shape index (κ2) is 5.53. The van der Waals surface area contributed by atoms with E-state index < -0.39 is 0 Å². The van der Waals surface area contributed by atoms with Gasteiger partial charge >= 0.3 is 0 Å². The third-order valence-corrected chi connectivity index (χ3v) is 4.58. The largest absolute Gasteiger partial charge is 0.271 e. The zero-order chi connectivity index (χ0) is 12.4. The molecule has 0 radical (unpaired) electrons. The van der Waals surface area contributed by atoms with Gasteiger partial charge in [0.05, 0.1) is 20.7 Å². The third kappa shape index (κ3) is 3.10. The maximum absolute atomic E-state index is 5.57. The summed E-state index contributed by atoms with van der Waals surface area (Å²) in [5.41, 5.74) is 3.85. The number of nitrogens with two attached hydrogens (primary N) is 1. The Morgan fingerprint density at radius 1 is 1.59 bits per heavy atom. The Balaban J connectivity index is 2.19. The number of aryl methyl sites for hydroxylation is 1. The lowest BCUT2D eigenvalue weighted by atomic mass is 10.1. The minimum Gasteiger partial charge on any atom is -0.271 e. The van der Waals surface area contributed by atoms with Crippen molar-refractivity contribution in [1.29, 1.82) is 0 Å². The van der Waals surface area contributed by atoms with Crippen LogP contribution in [-0.4, -0.2) is 20.2 Å². The molecule has 2 aromatic heterocycles. The molecule has 0 amide bonds. The maximum atomic E-state index is 5.57. The molecule has 0 spiro atoms. The molecule has 9 heteroatoms. The Kier molecular flexibility index (Phi) is 4.26. The summed E-state index contributed by atoms with van der Waals surface area (Å²) in [5, 5.41) is 11.9. The molecule has 0 fully saturated rings. The lowest BCUT2D eigenvalue weighted by Crippen LogP contribution is -2.29. The molecule has 0 bridgehead atoms. The van der Waals surface area contributed by atoms with Crippen molar-refractivity contribution in [2.45, 2.75) is 12.5 Å². The molecule has 0 aromatic carbocycles. The van der Waals surface area contributed by atoms with E-state index in [1.54, 1.807) is 18.4 Å². The number of nitrogens with zero attached hydrogens (tertiary/aromatic N) is 4. The molecule has 0 aliphatic heterocycles. The van der Waals surface area contributed by atoms with Crippen molar-refractivity contribution in [1.82, 2.24) is 25.6 Å². The van der Waals surface area contributed by atoms with Crippen LogP contribution in [-0.2, 0) is 13.5 Å². The first-order chi connectivity index (χ1) is 8.10. The van der Waals surface area contributed by atoms with E-state index in [9.17, 15) is 0 Å². The summed E-state index contributed by atoms with van der Waals surface area (Å²) in [4.78, 5) is 1.43. The zero-order valence-corrected chi connectivity index (χ0v) is 12.9. The van der Waals surface area contributed by atoms with Gasteiger partial charge in [0.2, 0.25) is 0 Å². The van der Waals surface area contributed by atoms with Crippen LogP contribution in [0.15, 0.2) is 13.6 Å². The lowest BCUT2D eigenvalue weighted by Gasteiger charge is -2.12. The summed E-state index contributed by atoms with van der Waals surface area (Å²) in [7, 11) is 1.73. The molecule has 3 N–H and O–H groups in total. The Hall–Kier alpha value is -0.350. The molecule has 17 heavy (non-hydrogen) atoms. The van der Waals surface area contributed by atoms with Gasteiger partial charge in [0.1, 0.15) is 0 Å². The number of halogens is 2. The molecule has 1 unspecified atom stereocenters. The van der Waals surface area contributed by atoms with E-state index in [0.29, 0.717) is 12.2 Å². The van der Waals surface area contributed by atoms with Crippen LogP contribution in [0, 0.1) is 0 Å². The highest BCUT2D eigenvalue weighted by atomic mass is 79.9. The number of hydrogen-bond acceptors (Lipinski definition) is 6. The summed E-state index contributed by atoms with van der Waals surface area (Å²) < 4.78 is 2.09. The normalized spacial score (nSPS) is 12.9. The summed E-state index contributed by atoms with van der Waals surface area (Å²) >= 11 is 8.56. The van der Waals surface area contributed by atoms with Crippen LogP contribution in [0.2, 0.25) is 0 Å². The number of rotatable bonds is 4. The quantitative estimate of drug-likeness (QED) is 0.620. The summed E-state index contributed by atoms with van der Waals surface area (Å²) in [5.74, 6) is 6.23. The van der Waals surface area contributed by atoms with Crippen molar-refractivity contribution in [2.24, 2.45) is 12.9 Å². The smallest absolute Gasteiger partial charge is 0.176 e. The number of aromatic nitrogens is 4. The molecule has 0 aliphatic rings. The van der Waals surface area contributed by atoms with Crippen LogP contribution in [0.1, 0.15) is 17.4 Å². The van der Waals surface area contributed by atoms with E-state index in [1.807, 2.05) is 6.07 Å². The van der Waals surface area contributed by atoms with Crippen LogP contribution in [0.3, 0.4) is 0 Å². The SMILES string of the molecule is Cn1nnc(CC(NN)c2cc(Br)sc2Br)n1. The van der Waals surface area contributed by atoms with Crippen molar-refractivity contribution < 1.29 is 0 Å². The monoisotopic (exact) mass is 380 g/mol. The molecule has 2 aromatic rings. The second-order valence-electron chi connectivity index (χ2n) is 3.40. The number of hydrazine groups is 1. The van der Waals surface area contributed by atoms with Crippen LogP contribution in [0.5, 0.6) is 0 Å². The Labute approximate surface area is 119 Å². The second-order valence-corrected chi connectivity index (χ2v) is 7.15. The number of nitrogens with one attached hydrogen (secondary N) is 1. The first kappa shape index (κ1) is 13.1. The Bertz CT molecular complexity index is 510. The van der Waals surface area contributed by atoms with Crippen LogP contribution in [0.4, 0.5) is 0 Å². The van der Waals surface area contributed by atoms with Gasteiger partial charge in [-0.25, -0.2) is 0 Å². The van der Waals surface area contributed by atoms with E-state index in [-0.39, 0.29) is 6.04 Å². The van der Waals surface area contributed by atoms with Crippen LogP contribution >= 0.6 is 43.2 Å². The van der Waals surface area contributed by atoms with Gasteiger partial charge in [0.25, 0.3) is 0 Å². The van der Waals surface area contributed by atoms with E-state index in [4.69, 9.17) is 5.84 Å². The molecule has 0 saturated heterocycles. The van der Waals surface area contributed by atoms with Crippen molar-refractivity contribution in [3.63, 3.8) is 0 Å². The van der Waals surface area contributed by atoms with Gasteiger partial charge in [-0.15, -0.1) is 21.5 Å². The molecule has 2 rings (SSSR count). The lowest BCUT2D eigenvalue weighted by molar-refractivity contribution is 0.536. The predicted octanol–water partition coefficient (Wildman–Crippen LogP) is 1.54. The topological polar surface area (TPSA) is 81.7 Å². The number of tetrazole rings is 1. The van der Waals surface area contributed by atoms with Crippen molar-refractivity contribution >= 4 is 43.2 Å². The fourth-order valence-electron chi connectivity index (χ4n) is 1.44. The van der Waals surface area contributed by atoms with Gasteiger partial charge in [-0.05, 0) is 48.7 Å². The zero-order valence-electron chi connectivity index (χ0n) is 8.89. The minimum absolute atomic E-state index is 0.0453. The summed E-state index contributed by atoms with van der Waals surface area (Å²) in [6.07, 6.45) is 0.589. The fraction of sp³-hybridized carbons (Fsp3) is 0.375. The summed E-state index contributed by atoms with van der Waals surface area (Å²) in [6.45, 7) is 0. The van der Waals surface area contributed by atoms with Crippen LogP contribution < -0.4 is 11.3 Å². The van der Waals surface area contributed by atoms with Gasteiger partial charge in [0, 0.05) is 6.42 Å². The van der Waals surface area contributed by atoms with Crippen molar-refractivity contribution in [3.05, 3.63) is 25.0 Å². The average molecular weight is 382 g/mol. The van der Waals surface area contributed by atoms with E-state index in [0.717, 1.165) is 13.1 Å². The molecule has 1 atom stereocenters. The standard InChI is InChI=1S/C8H10Br2N6S/c1-16-14-7(13-15-16)3-5(12-11)4-2-6(9)17-8(4)10/h2,5,12H,3,11H2,1H3. The number of thiophene rings is 1. The van der Waals surface area contributed by atoms with Gasteiger partial charge in [-0.1, -0.05) is 0 Å². The highest BCUT2D eigenvalue weighted by Crippen LogP contribution is 2.36. The Morgan fingerprint density at radius 3 is 2.82 bits per heavy atom. The van der Waals surface area contributed by atoms with Crippen molar-refractivity contribution in [2.75, 3.05) is 0 Å². The van der Waals surface area contributed by atoms with Gasteiger partial charge < -0.3 is 0 Å². The molecule has 92 valence electrons. The maximum Gasteiger partial charge on any atom is 0.176 e. The van der Waals surface area contributed by atoms with Crippen LogP contribution in [0.25, 0.3) is 0 Å². The summed E-state index contributed by atoms with van der Waals surface area (Å²) in [6, 6.07) is 1.98. The first-order valence-corrected chi connectivity index (χ1v) is 7.14. The molecule has 2 heterocycles. The average Bonchev–Trinajstić information content (AvgIpc) is 2.82. The third-order valence-electron chi connectivity index (χ3n) is 2.20. The van der Waals surface area contributed by atoms with E-state index in [1.165, 1.54) is 4.80 Å². The van der Waals surface area contributed by atoms with E-state index >= 15 is 0 Å². The predicted molar refractivity (Wildman–Crippen MR) is 72.3 cm³/mol. The molecular weight excluding hydrogens is 372 g/mol. The molecular formula is C8H10Br2N6S. The fourth-order valence-corrected chi connectivity index (χ4v) is 4.41. The van der Waals surface area contributed by atoms with Gasteiger partial charge in [-0.3, -0.25) is 11.3 Å². The molecule has 0 saturated carbocycles. The highest BCUT2D eigenvalue weighted by molar-refractivity contribution is 9.12. The van der Waals surface area contributed by atoms with E-state index in [2.05, 4.69) is 52.7 Å². The number of hydrogen-bond donors (Lipinski definition) is 2. The Morgan fingerprint density at radius 2 is 2.35 bits per heavy atom. The highest BCUT2D eigenvalue weighted by Gasteiger charge is 2.18. The van der Waals surface area contributed by atoms with Crippen molar-refractivity contribution in [3.8, 4) is 0 Å². The molecule has 6 nitrogen and oxygen atoms in total.